The van der Waals surface area contributed by atoms with Gasteiger partial charge in [0.2, 0.25) is 0 Å². The molecule has 0 aromatic carbocycles. The van der Waals surface area contributed by atoms with Crippen LogP contribution in [0.4, 0.5) is 0 Å². The standard InChI is InChI=1S/Al.Fe.Mg.H3P.5H/h;;;1H3;;;;;. The van der Waals surface area contributed by atoms with Crippen molar-refractivity contribution in [1.82, 2.24) is 0 Å². The van der Waals surface area contributed by atoms with Crippen LogP contribution in [0.15, 0.2) is 0 Å². The van der Waals surface area contributed by atoms with Crippen molar-refractivity contribution in [3.05, 3.63) is 0 Å². The Balaban J connectivity index is 0. The van der Waals surface area contributed by atoms with Crippen LogP contribution in [-0.2, 0) is 17.1 Å². The van der Waals surface area contributed by atoms with Crippen molar-refractivity contribution in [3.8, 4) is 0 Å². The first kappa shape index (κ1) is 34.0. The van der Waals surface area contributed by atoms with Crippen molar-refractivity contribution in [2.45, 2.75) is 0 Å². The van der Waals surface area contributed by atoms with Crippen molar-refractivity contribution in [2.24, 2.45) is 0 Å². The van der Waals surface area contributed by atoms with E-state index in [4.69, 9.17) is 0 Å². The maximum Gasteiger partial charge on any atom is 0.316 e. The second-order valence-electron chi connectivity index (χ2n) is 0. The average molecular weight is 146 g/mol. The van der Waals surface area contributed by atoms with Gasteiger partial charge in [0.05, 0.1) is 0 Å². The second-order valence-corrected chi connectivity index (χ2v) is 0. The molecule has 0 aromatic rings. The van der Waals surface area contributed by atoms with Crippen molar-refractivity contribution in [3.63, 3.8) is 0 Å². The Kier molecular flexibility index (Phi) is 160. The first-order valence-electron chi connectivity index (χ1n) is 0. The fourth-order valence-corrected chi connectivity index (χ4v) is 0. The van der Waals surface area contributed by atoms with Gasteiger partial charge in [0.1, 0.15) is 0 Å². The van der Waals surface area contributed by atoms with E-state index in [0.717, 1.165) is 0 Å². The Bertz CT molecular complexity index is 8.00. The Morgan fingerprint density at radius 2 is 1.00 bits per heavy atom. The van der Waals surface area contributed by atoms with Gasteiger partial charge in [-0.15, -0.1) is 0 Å². The van der Waals surface area contributed by atoms with Crippen molar-refractivity contribution >= 4 is 50.3 Å². The molecule has 0 nitrogen and oxygen atoms in total. The van der Waals surface area contributed by atoms with Gasteiger partial charge in [0.25, 0.3) is 0 Å². The van der Waals surface area contributed by atoms with E-state index in [1.807, 2.05) is 0 Å². The molecule has 0 saturated heterocycles. The minimum atomic E-state index is 0. The maximum atomic E-state index is 0. The monoisotopic (exact) mass is 146 g/mol. The van der Waals surface area contributed by atoms with E-state index in [-0.39, 0.29) is 67.4 Å². The first-order valence-corrected chi connectivity index (χ1v) is 0. The SMILES string of the molecule is P.[AlH3].[Fe].[MgH2]. The molecule has 4 heavy (non-hydrogen) atoms. The average Bonchev–Trinajstić information content (AvgIpc) is 0. The summed E-state index contributed by atoms with van der Waals surface area (Å²) in [4.78, 5) is 0. The van der Waals surface area contributed by atoms with Crippen LogP contribution in [0.5, 0.6) is 0 Å². The largest absolute Gasteiger partial charge is 0.316 e. The molecule has 1 atom stereocenters. The van der Waals surface area contributed by atoms with E-state index in [2.05, 4.69) is 0 Å². The molecule has 0 fully saturated rings. The molecular weight excluding hydrogens is 138 g/mol. The zero-order valence-electron chi connectivity index (χ0n) is 1.06. The summed E-state index contributed by atoms with van der Waals surface area (Å²) in [7, 11) is 0. The second kappa shape index (κ2) is 18.7. The van der Waals surface area contributed by atoms with Crippen LogP contribution in [0, 0.1) is 0 Å². The van der Waals surface area contributed by atoms with Crippen LogP contribution in [-0.4, -0.2) is 40.4 Å². The third kappa shape index (κ3) is 8.87. The van der Waals surface area contributed by atoms with Crippen molar-refractivity contribution < 1.29 is 17.1 Å². The number of hydrogen-bond acceptors (Lipinski definition) is 0. The van der Waals surface area contributed by atoms with E-state index in [1.54, 1.807) is 0 Å². The molecule has 1 unspecified atom stereocenters. The summed E-state index contributed by atoms with van der Waals surface area (Å²) in [5.41, 5.74) is 0. The zero-order chi connectivity index (χ0) is 0. The van der Waals surface area contributed by atoms with Crippen molar-refractivity contribution in [1.29, 1.82) is 0 Å². The molecule has 0 spiro atoms. The summed E-state index contributed by atoms with van der Waals surface area (Å²) in [5, 5.41) is 0. The third-order valence-electron chi connectivity index (χ3n) is 0. The molecule has 0 radical (unpaired) electrons. The molecule has 0 rings (SSSR count). The van der Waals surface area contributed by atoms with Crippen molar-refractivity contribution in [2.75, 3.05) is 0 Å². The van der Waals surface area contributed by atoms with E-state index < -0.39 is 0 Å². The molecule has 0 bridgehead atoms. The van der Waals surface area contributed by atoms with Crippen LogP contribution >= 0.6 is 9.90 Å². The normalized spacial score (nSPS) is 0. The molecule has 0 aromatic heterocycles. The van der Waals surface area contributed by atoms with Gasteiger partial charge >= 0.3 is 23.1 Å². The van der Waals surface area contributed by atoms with E-state index in [9.17, 15) is 0 Å². The van der Waals surface area contributed by atoms with Gasteiger partial charge in [-0.1, -0.05) is 0 Å². The number of rotatable bonds is 0. The summed E-state index contributed by atoms with van der Waals surface area (Å²) in [6, 6.07) is 0. The minimum absolute atomic E-state index is 0. The fraction of sp³-hybridized carbons (Fsp3) is 0. The first-order chi connectivity index (χ1) is 0. The summed E-state index contributed by atoms with van der Waals surface area (Å²) < 4.78 is 0. The van der Waals surface area contributed by atoms with E-state index in [1.165, 1.54) is 0 Å². The van der Waals surface area contributed by atoms with Crippen LogP contribution < -0.4 is 0 Å². The van der Waals surface area contributed by atoms with Gasteiger partial charge in [-0.05, 0) is 0 Å². The Morgan fingerprint density at radius 3 is 1.00 bits per heavy atom. The predicted octanol–water partition coefficient (Wildman–Crippen LogP) is -2.04. The Morgan fingerprint density at radius 1 is 1.00 bits per heavy atom. The van der Waals surface area contributed by atoms with E-state index >= 15 is 0 Å². The summed E-state index contributed by atoms with van der Waals surface area (Å²) in [6.07, 6.45) is 0. The quantitative estimate of drug-likeness (QED) is 0.273. The molecular formula is H8AlFeMgP. The van der Waals surface area contributed by atoms with Gasteiger partial charge in [0, 0.05) is 17.1 Å². The molecule has 26 valence electrons. The Labute approximate surface area is 66.9 Å². The fourth-order valence-electron chi connectivity index (χ4n) is 0. The van der Waals surface area contributed by atoms with Gasteiger partial charge in [-0.25, -0.2) is 0 Å². The molecule has 0 saturated carbocycles. The summed E-state index contributed by atoms with van der Waals surface area (Å²) in [5.74, 6) is 0. The Hall–Kier alpha value is 2.25. The zero-order valence-corrected chi connectivity index (χ0v) is 3.58. The van der Waals surface area contributed by atoms with Gasteiger partial charge < -0.3 is 0 Å². The van der Waals surface area contributed by atoms with E-state index in [0.29, 0.717) is 0 Å². The van der Waals surface area contributed by atoms with Crippen LogP contribution in [0.2, 0.25) is 0 Å². The molecule has 4 heteroatoms. The maximum absolute atomic E-state index is 0. The topological polar surface area (TPSA) is 0 Å². The molecule has 0 aliphatic heterocycles. The smallest absolute Gasteiger partial charge is 0.153 e. The summed E-state index contributed by atoms with van der Waals surface area (Å²) >= 11 is 0. The third-order valence-corrected chi connectivity index (χ3v) is 0. The predicted molar refractivity (Wildman–Crippen MR) is 29.6 cm³/mol. The van der Waals surface area contributed by atoms with Crippen LogP contribution in [0.3, 0.4) is 0 Å². The molecule has 0 aliphatic carbocycles. The van der Waals surface area contributed by atoms with Gasteiger partial charge in [0.15, 0.2) is 17.4 Å². The molecule has 0 aliphatic rings. The van der Waals surface area contributed by atoms with Gasteiger partial charge in [-0.3, -0.25) is 0 Å². The van der Waals surface area contributed by atoms with Crippen LogP contribution in [0.1, 0.15) is 0 Å². The molecule has 0 amide bonds. The van der Waals surface area contributed by atoms with Crippen LogP contribution in [0.25, 0.3) is 0 Å². The molecule has 0 heterocycles. The minimum Gasteiger partial charge on any atom is -0.153 e. The number of hydrogen-bond donors (Lipinski definition) is 0. The van der Waals surface area contributed by atoms with Gasteiger partial charge in [-0.2, -0.15) is 9.90 Å². The molecule has 0 N–H and O–H groups in total. The summed E-state index contributed by atoms with van der Waals surface area (Å²) in [6.45, 7) is 0.